The van der Waals surface area contributed by atoms with Crippen molar-refractivity contribution in [3.05, 3.63) is 59.2 Å². The van der Waals surface area contributed by atoms with E-state index in [9.17, 15) is 9.90 Å². The number of hydrogen-bond donors (Lipinski definition) is 1. The monoisotopic (exact) mass is 242 g/mol. The van der Waals surface area contributed by atoms with Crippen molar-refractivity contribution in [3.63, 3.8) is 0 Å². The fourth-order valence-corrected chi connectivity index (χ4v) is 1.75. The summed E-state index contributed by atoms with van der Waals surface area (Å²) in [5, 5.41) is 9.80. The normalized spacial score (nSPS) is 10.1. The van der Waals surface area contributed by atoms with Crippen molar-refractivity contribution >= 4 is 5.78 Å². The van der Waals surface area contributed by atoms with E-state index < -0.39 is 0 Å². The molecule has 3 heteroatoms. The molecule has 0 saturated heterocycles. The van der Waals surface area contributed by atoms with Crippen molar-refractivity contribution < 1.29 is 14.6 Å². The lowest BCUT2D eigenvalue weighted by molar-refractivity contribution is 0.103. The number of phenols is 1. The Balaban J connectivity index is 2.41. The Labute approximate surface area is 106 Å². The molecule has 3 nitrogen and oxygen atoms in total. The molecule has 0 aliphatic carbocycles. The molecule has 0 aliphatic heterocycles. The quantitative estimate of drug-likeness (QED) is 0.842. The van der Waals surface area contributed by atoms with E-state index in [0.29, 0.717) is 16.9 Å². The van der Waals surface area contributed by atoms with Gasteiger partial charge >= 0.3 is 0 Å². The van der Waals surface area contributed by atoms with Gasteiger partial charge in [-0.1, -0.05) is 18.2 Å². The molecule has 0 heterocycles. The number of benzene rings is 2. The zero-order valence-corrected chi connectivity index (χ0v) is 10.3. The van der Waals surface area contributed by atoms with Crippen LogP contribution in [0.3, 0.4) is 0 Å². The molecule has 0 fully saturated rings. The second kappa shape index (κ2) is 4.92. The van der Waals surface area contributed by atoms with Crippen LogP contribution in [-0.2, 0) is 0 Å². The Morgan fingerprint density at radius 3 is 2.61 bits per heavy atom. The van der Waals surface area contributed by atoms with Gasteiger partial charge in [0, 0.05) is 5.56 Å². The highest BCUT2D eigenvalue weighted by atomic mass is 16.5. The molecule has 18 heavy (non-hydrogen) atoms. The number of aryl methyl sites for hydroxylation is 1. The van der Waals surface area contributed by atoms with E-state index >= 15 is 0 Å². The van der Waals surface area contributed by atoms with Crippen molar-refractivity contribution in [3.8, 4) is 11.5 Å². The van der Waals surface area contributed by atoms with Crippen LogP contribution in [0.5, 0.6) is 11.5 Å². The first kappa shape index (κ1) is 12.2. The first-order valence-electron chi connectivity index (χ1n) is 5.60. The van der Waals surface area contributed by atoms with Gasteiger partial charge in [-0.15, -0.1) is 0 Å². The Bertz CT molecular complexity index is 588. The average molecular weight is 242 g/mol. The number of ether oxygens (including phenoxy) is 1. The number of aromatic hydroxyl groups is 1. The fourth-order valence-electron chi connectivity index (χ4n) is 1.75. The number of phenolic OH excluding ortho intramolecular Hbond substituents is 1. The number of carbonyl (C=O) groups is 1. The highest BCUT2D eigenvalue weighted by Gasteiger charge is 2.13. The Morgan fingerprint density at radius 2 is 1.94 bits per heavy atom. The lowest BCUT2D eigenvalue weighted by Crippen LogP contribution is -2.02. The third-order valence-corrected chi connectivity index (χ3v) is 2.73. The van der Waals surface area contributed by atoms with Crippen LogP contribution >= 0.6 is 0 Å². The van der Waals surface area contributed by atoms with Gasteiger partial charge in [-0.05, 0) is 36.8 Å². The van der Waals surface area contributed by atoms with Crippen molar-refractivity contribution in [2.45, 2.75) is 6.92 Å². The van der Waals surface area contributed by atoms with Crippen molar-refractivity contribution in [1.82, 2.24) is 0 Å². The number of methoxy groups -OCH3 is 1. The SMILES string of the molecule is COc1cccc(C(=O)c2ccc(C)cc2O)c1. The van der Waals surface area contributed by atoms with Gasteiger partial charge in [0.25, 0.3) is 0 Å². The predicted molar refractivity (Wildman–Crippen MR) is 69.3 cm³/mol. The van der Waals surface area contributed by atoms with Crippen LogP contribution in [0, 0.1) is 6.92 Å². The molecule has 0 aromatic heterocycles. The van der Waals surface area contributed by atoms with Gasteiger partial charge in [0.1, 0.15) is 11.5 Å². The predicted octanol–water partition coefficient (Wildman–Crippen LogP) is 2.94. The molecule has 2 aromatic rings. The zero-order chi connectivity index (χ0) is 13.1. The first-order chi connectivity index (χ1) is 8.61. The largest absolute Gasteiger partial charge is 0.507 e. The second-order valence-electron chi connectivity index (χ2n) is 4.08. The highest BCUT2D eigenvalue weighted by Crippen LogP contribution is 2.23. The van der Waals surface area contributed by atoms with Gasteiger partial charge in [-0.3, -0.25) is 4.79 Å². The number of rotatable bonds is 3. The second-order valence-corrected chi connectivity index (χ2v) is 4.08. The van der Waals surface area contributed by atoms with Gasteiger partial charge in [0.2, 0.25) is 0 Å². The van der Waals surface area contributed by atoms with Gasteiger partial charge in [0.05, 0.1) is 12.7 Å². The fraction of sp³-hybridized carbons (Fsp3) is 0.133. The minimum atomic E-state index is -0.216. The molecule has 0 radical (unpaired) electrons. The summed E-state index contributed by atoms with van der Waals surface area (Å²) in [5.74, 6) is 0.404. The molecule has 0 unspecified atom stereocenters. The standard InChI is InChI=1S/C15H14O3/c1-10-6-7-13(14(16)8-10)15(17)11-4-3-5-12(9-11)18-2/h3-9,16H,1-2H3. The molecule has 0 amide bonds. The Hall–Kier alpha value is -2.29. The van der Waals surface area contributed by atoms with Gasteiger partial charge in [0.15, 0.2) is 5.78 Å². The summed E-state index contributed by atoms with van der Waals surface area (Å²) in [6, 6.07) is 11.9. The van der Waals surface area contributed by atoms with Crippen LogP contribution in [0.1, 0.15) is 21.5 Å². The van der Waals surface area contributed by atoms with Crippen LogP contribution in [-0.4, -0.2) is 18.0 Å². The van der Waals surface area contributed by atoms with Crippen LogP contribution in [0.2, 0.25) is 0 Å². The smallest absolute Gasteiger partial charge is 0.196 e. The Morgan fingerprint density at radius 1 is 1.17 bits per heavy atom. The summed E-state index contributed by atoms with van der Waals surface area (Å²) in [6.45, 7) is 1.86. The van der Waals surface area contributed by atoms with Crippen molar-refractivity contribution in [2.75, 3.05) is 7.11 Å². The molecule has 0 spiro atoms. The molecule has 92 valence electrons. The number of ketones is 1. The lowest BCUT2D eigenvalue weighted by Gasteiger charge is -2.06. The Kier molecular flexibility index (Phi) is 3.33. The van der Waals surface area contributed by atoms with E-state index in [2.05, 4.69) is 0 Å². The van der Waals surface area contributed by atoms with E-state index in [1.807, 2.05) is 6.92 Å². The molecule has 2 aromatic carbocycles. The van der Waals surface area contributed by atoms with Gasteiger partial charge < -0.3 is 9.84 Å². The van der Waals surface area contributed by atoms with E-state index in [0.717, 1.165) is 5.56 Å². The molecule has 0 saturated carbocycles. The van der Waals surface area contributed by atoms with Gasteiger partial charge in [-0.25, -0.2) is 0 Å². The zero-order valence-electron chi connectivity index (χ0n) is 10.3. The van der Waals surface area contributed by atoms with Crippen LogP contribution < -0.4 is 4.74 Å². The third kappa shape index (κ3) is 2.35. The minimum absolute atomic E-state index is 0.00261. The molecule has 0 atom stereocenters. The van der Waals surface area contributed by atoms with Crippen LogP contribution in [0.4, 0.5) is 0 Å². The first-order valence-corrected chi connectivity index (χ1v) is 5.60. The summed E-state index contributed by atoms with van der Waals surface area (Å²) >= 11 is 0. The molecular weight excluding hydrogens is 228 g/mol. The summed E-state index contributed by atoms with van der Waals surface area (Å²) < 4.78 is 5.08. The van der Waals surface area contributed by atoms with Gasteiger partial charge in [-0.2, -0.15) is 0 Å². The lowest BCUT2D eigenvalue weighted by atomic mass is 10.0. The summed E-state index contributed by atoms with van der Waals surface area (Å²) in [6.07, 6.45) is 0. The summed E-state index contributed by atoms with van der Waals surface area (Å²) in [5.41, 5.74) is 1.71. The summed E-state index contributed by atoms with van der Waals surface area (Å²) in [4.78, 5) is 12.2. The van der Waals surface area contributed by atoms with Crippen molar-refractivity contribution in [1.29, 1.82) is 0 Å². The summed E-state index contributed by atoms with van der Waals surface area (Å²) in [7, 11) is 1.55. The minimum Gasteiger partial charge on any atom is -0.507 e. The van der Waals surface area contributed by atoms with E-state index in [-0.39, 0.29) is 11.5 Å². The number of carbonyl (C=O) groups excluding carboxylic acids is 1. The van der Waals surface area contributed by atoms with Crippen LogP contribution in [0.15, 0.2) is 42.5 Å². The highest BCUT2D eigenvalue weighted by molar-refractivity contribution is 6.10. The van der Waals surface area contributed by atoms with Crippen molar-refractivity contribution in [2.24, 2.45) is 0 Å². The number of hydrogen-bond acceptors (Lipinski definition) is 3. The topological polar surface area (TPSA) is 46.5 Å². The molecular formula is C15H14O3. The maximum atomic E-state index is 12.2. The average Bonchev–Trinajstić information content (AvgIpc) is 2.38. The van der Waals surface area contributed by atoms with E-state index in [1.54, 1.807) is 49.6 Å². The maximum absolute atomic E-state index is 12.2. The van der Waals surface area contributed by atoms with E-state index in [1.165, 1.54) is 0 Å². The third-order valence-electron chi connectivity index (χ3n) is 2.73. The molecule has 2 rings (SSSR count). The maximum Gasteiger partial charge on any atom is 0.196 e. The van der Waals surface area contributed by atoms with E-state index in [4.69, 9.17) is 4.74 Å². The molecule has 0 bridgehead atoms. The van der Waals surface area contributed by atoms with Crippen LogP contribution in [0.25, 0.3) is 0 Å². The molecule has 1 N–H and O–H groups in total. The molecule has 0 aliphatic rings.